The number of quaternary nitrogens is 1. The van der Waals surface area contributed by atoms with Gasteiger partial charge in [0.15, 0.2) is 0 Å². The monoisotopic (exact) mass is 451 g/mol. The van der Waals surface area contributed by atoms with Crippen molar-refractivity contribution in [3.05, 3.63) is 65.4 Å². The minimum Gasteiger partial charge on any atom is -0.634 e. The molecule has 1 aliphatic carbocycles. The molecular formula is C26H33N3O4. The van der Waals surface area contributed by atoms with Crippen LogP contribution in [-0.2, 0) is 20.7 Å². The number of hydroxylamine groups is 2. The highest BCUT2D eigenvalue weighted by Gasteiger charge is 2.61. The summed E-state index contributed by atoms with van der Waals surface area (Å²) in [5.74, 6) is -0.0693. The summed E-state index contributed by atoms with van der Waals surface area (Å²) in [5, 5.41) is 15.7. The van der Waals surface area contributed by atoms with Crippen LogP contribution in [0.15, 0.2) is 54.6 Å². The molecule has 0 aromatic heterocycles. The van der Waals surface area contributed by atoms with Crippen LogP contribution in [0.25, 0.3) is 0 Å². The fourth-order valence-corrected chi connectivity index (χ4v) is 4.62. The molecule has 0 bridgehead atoms. The Morgan fingerprint density at radius 1 is 1.15 bits per heavy atom. The SMILES string of the molecule is CCC1(CC[NH+]([O-])CCc2cccc(NC(C)=O)c2)CN(c2ccccc2)C(=O)C2(CC2)O1. The molecule has 2 unspecified atom stereocenters. The molecule has 33 heavy (non-hydrogen) atoms. The first-order valence-corrected chi connectivity index (χ1v) is 11.8. The number of amides is 2. The molecule has 1 aliphatic heterocycles. The van der Waals surface area contributed by atoms with Gasteiger partial charge < -0.3 is 25.2 Å². The Kier molecular flexibility index (Phi) is 6.83. The van der Waals surface area contributed by atoms with Gasteiger partial charge in [0.25, 0.3) is 5.91 Å². The predicted octanol–water partition coefficient (Wildman–Crippen LogP) is 2.71. The number of carbonyl (C=O) groups excluding carboxylic acids is 2. The molecule has 1 spiro atoms. The van der Waals surface area contributed by atoms with E-state index in [1.807, 2.05) is 59.5 Å². The highest BCUT2D eigenvalue weighted by atomic mass is 16.5. The van der Waals surface area contributed by atoms with E-state index in [9.17, 15) is 14.8 Å². The summed E-state index contributed by atoms with van der Waals surface area (Å²) in [7, 11) is 0. The molecule has 4 rings (SSSR count). The van der Waals surface area contributed by atoms with Crippen LogP contribution in [0.4, 0.5) is 11.4 Å². The van der Waals surface area contributed by atoms with E-state index in [1.165, 1.54) is 6.92 Å². The van der Waals surface area contributed by atoms with Gasteiger partial charge >= 0.3 is 0 Å². The van der Waals surface area contributed by atoms with Crippen LogP contribution in [0.3, 0.4) is 0 Å². The molecule has 176 valence electrons. The summed E-state index contributed by atoms with van der Waals surface area (Å²) in [6, 6.07) is 17.3. The number of morpholine rings is 1. The van der Waals surface area contributed by atoms with Crippen LogP contribution in [0, 0.1) is 5.21 Å². The number of ether oxygens (including phenoxy) is 1. The summed E-state index contributed by atoms with van der Waals surface area (Å²) in [6.07, 6.45) is 3.47. The summed E-state index contributed by atoms with van der Waals surface area (Å²) >= 11 is 0. The van der Waals surface area contributed by atoms with E-state index in [-0.39, 0.29) is 16.9 Å². The van der Waals surface area contributed by atoms with Gasteiger partial charge in [-0.25, -0.2) is 0 Å². The van der Waals surface area contributed by atoms with Crippen molar-refractivity contribution >= 4 is 23.2 Å². The molecule has 2 aliphatic rings. The van der Waals surface area contributed by atoms with Crippen LogP contribution in [0.5, 0.6) is 0 Å². The molecule has 2 aromatic carbocycles. The van der Waals surface area contributed by atoms with Crippen LogP contribution in [0.2, 0.25) is 0 Å². The molecule has 7 nitrogen and oxygen atoms in total. The molecule has 2 atom stereocenters. The standard InChI is InChI=1S/C26H33N3O4/c1-3-25(15-17-28(32)16-12-21-8-7-9-22(18-21)27-20(2)30)19-29(23-10-5-4-6-11-23)24(31)26(33-25)13-14-26/h4-11,18,28H,3,12-17,19H2,1-2H3,(H,27,30). The van der Waals surface area contributed by atoms with Crippen LogP contribution in [-0.4, -0.2) is 42.7 Å². The van der Waals surface area contributed by atoms with E-state index in [0.29, 0.717) is 32.5 Å². The largest absolute Gasteiger partial charge is 0.634 e. The minimum absolute atomic E-state index is 0.0446. The maximum Gasteiger partial charge on any atom is 0.259 e. The third kappa shape index (κ3) is 5.43. The van der Waals surface area contributed by atoms with Crippen molar-refractivity contribution in [2.24, 2.45) is 0 Å². The second-order valence-electron chi connectivity index (χ2n) is 9.28. The van der Waals surface area contributed by atoms with Gasteiger partial charge in [-0.15, -0.1) is 0 Å². The van der Waals surface area contributed by atoms with Crippen molar-refractivity contribution in [3.8, 4) is 0 Å². The Hall–Kier alpha value is -2.74. The summed E-state index contributed by atoms with van der Waals surface area (Å²) in [6.45, 7) is 4.89. The number of hydrogen-bond donors (Lipinski definition) is 2. The Bertz CT molecular complexity index is 992. The lowest BCUT2D eigenvalue weighted by Crippen LogP contribution is -3.07. The number of benzene rings is 2. The number of nitrogens with zero attached hydrogens (tertiary/aromatic N) is 1. The van der Waals surface area contributed by atoms with Gasteiger partial charge in [0.1, 0.15) is 5.60 Å². The molecule has 2 fully saturated rings. The average molecular weight is 452 g/mol. The van der Waals surface area contributed by atoms with Gasteiger partial charge in [-0.1, -0.05) is 37.3 Å². The maximum atomic E-state index is 13.1. The fraction of sp³-hybridized carbons (Fsp3) is 0.462. The predicted molar refractivity (Wildman–Crippen MR) is 128 cm³/mol. The number of hydrogen-bond acceptors (Lipinski definition) is 4. The Balaban J connectivity index is 1.38. The third-order valence-electron chi connectivity index (χ3n) is 6.71. The van der Waals surface area contributed by atoms with Crippen molar-refractivity contribution in [3.63, 3.8) is 0 Å². The van der Waals surface area contributed by atoms with Crippen molar-refractivity contribution in [1.82, 2.24) is 0 Å². The third-order valence-corrected chi connectivity index (χ3v) is 6.71. The number of nitrogens with one attached hydrogen (secondary N) is 2. The molecule has 1 heterocycles. The molecule has 2 aromatic rings. The number of carbonyl (C=O) groups is 2. The number of anilines is 2. The highest BCUT2D eigenvalue weighted by molar-refractivity contribution is 6.02. The minimum atomic E-state index is -0.711. The molecule has 7 heteroatoms. The van der Waals surface area contributed by atoms with Crippen molar-refractivity contribution in [2.75, 3.05) is 29.9 Å². The lowest BCUT2D eigenvalue weighted by atomic mass is 9.91. The van der Waals surface area contributed by atoms with Gasteiger partial charge in [-0.2, -0.15) is 0 Å². The highest BCUT2D eigenvalue weighted by Crippen LogP contribution is 2.49. The second kappa shape index (κ2) is 9.63. The first-order valence-electron chi connectivity index (χ1n) is 11.8. The number of rotatable bonds is 9. The van der Waals surface area contributed by atoms with E-state index in [1.54, 1.807) is 0 Å². The van der Waals surface area contributed by atoms with E-state index >= 15 is 0 Å². The van der Waals surface area contributed by atoms with E-state index < -0.39 is 11.2 Å². The van der Waals surface area contributed by atoms with Crippen LogP contribution in [0.1, 0.15) is 45.1 Å². The van der Waals surface area contributed by atoms with Gasteiger partial charge in [0, 0.05) is 31.1 Å². The molecule has 0 radical (unpaired) electrons. The van der Waals surface area contributed by atoms with E-state index in [4.69, 9.17) is 4.74 Å². The van der Waals surface area contributed by atoms with Gasteiger partial charge in [0.05, 0.1) is 25.2 Å². The van der Waals surface area contributed by atoms with Crippen molar-refractivity contribution in [2.45, 2.75) is 57.2 Å². The van der Waals surface area contributed by atoms with Crippen LogP contribution >= 0.6 is 0 Å². The second-order valence-corrected chi connectivity index (χ2v) is 9.28. The van der Waals surface area contributed by atoms with Gasteiger partial charge in [0.2, 0.25) is 5.91 Å². The quantitative estimate of drug-likeness (QED) is 0.574. The van der Waals surface area contributed by atoms with Crippen molar-refractivity contribution < 1.29 is 19.4 Å². The first-order chi connectivity index (χ1) is 15.8. The Morgan fingerprint density at radius 2 is 1.91 bits per heavy atom. The van der Waals surface area contributed by atoms with E-state index in [0.717, 1.165) is 36.2 Å². The molecule has 1 saturated carbocycles. The lowest BCUT2D eigenvalue weighted by Gasteiger charge is -2.46. The molecule has 2 N–H and O–H groups in total. The number of para-hydroxylation sites is 1. The Morgan fingerprint density at radius 3 is 2.58 bits per heavy atom. The van der Waals surface area contributed by atoms with E-state index in [2.05, 4.69) is 12.2 Å². The normalized spacial score (nSPS) is 22.3. The smallest absolute Gasteiger partial charge is 0.259 e. The average Bonchev–Trinajstić information content (AvgIpc) is 3.59. The van der Waals surface area contributed by atoms with Gasteiger partial charge in [-0.05, 0) is 49.1 Å². The van der Waals surface area contributed by atoms with Gasteiger partial charge in [-0.3, -0.25) is 9.59 Å². The van der Waals surface area contributed by atoms with Crippen molar-refractivity contribution in [1.29, 1.82) is 0 Å². The maximum absolute atomic E-state index is 13.1. The first kappa shape index (κ1) is 23.4. The topological polar surface area (TPSA) is 86.1 Å². The summed E-state index contributed by atoms with van der Waals surface area (Å²) in [4.78, 5) is 26.2. The molecule has 1 saturated heterocycles. The zero-order chi connectivity index (χ0) is 23.5. The molecular weight excluding hydrogens is 418 g/mol. The zero-order valence-electron chi connectivity index (χ0n) is 19.4. The summed E-state index contributed by atoms with van der Waals surface area (Å²) in [5.41, 5.74) is 1.43. The molecule has 2 amide bonds. The van der Waals surface area contributed by atoms with Crippen LogP contribution < -0.4 is 15.3 Å². The zero-order valence-corrected chi connectivity index (χ0v) is 19.4. The Labute approximate surface area is 195 Å². The lowest BCUT2D eigenvalue weighted by molar-refractivity contribution is -0.848. The summed E-state index contributed by atoms with van der Waals surface area (Å²) < 4.78 is 6.47. The fourth-order valence-electron chi connectivity index (χ4n) is 4.62.